The Balaban J connectivity index is 1.39. The quantitative estimate of drug-likeness (QED) is 0.210. The first-order chi connectivity index (χ1) is 22.2. The molecule has 45 heavy (non-hydrogen) atoms. The number of hydrogen-bond donors (Lipinski definition) is 0. The molecule has 212 valence electrons. The van der Waals surface area contributed by atoms with Crippen molar-refractivity contribution in [2.24, 2.45) is 0 Å². The normalized spacial score (nSPS) is 11.8. The van der Waals surface area contributed by atoms with Crippen molar-refractivity contribution >= 4 is 54.4 Å². The first-order valence-electron chi connectivity index (χ1n) is 15.4. The van der Waals surface area contributed by atoms with E-state index in [1.54, 1.807) is 0 Å². The number of hydrogen-bond acceptors (Lipinski definition) is 2. The lowest BCUT2D eigenvalue weighted by Gasteiger charge is -2.19. The minimum absolute atomic E-state index is 0.877. The Morgan fingerprint density at radius 3 is 2.11 bits per heavy atom. The van der Waals surface area contributed by atoms with Gasteiger partial charge in [-0.15, -0.1) is 0 Å². The summed E-state index contributed by atoms with van der Waals surface area (Å²) in [5.74, 6) is 0. The first-order valence-corrected chi connectivity index (χ1v) is 15.4. The minimum Gasteiger partial charge on any atom is -0.309 e. The molecule has 2 aromatic heterocycles. The summed E-state index contributed by atoms with van der Waals surface area (Å²) < 4.78 is 2.43. The lowest BCUT2D eigenvalue weighted by molar-refractivity contribution is 1.17. The molecular formula is C42H29N3. The first kappa shape index (κ1) is 25.7. The molecule has 0 N–H and O–H groups in total. The van der Waals surface area contributed by atoms with Crippen LogP contribution in [0.2, 0.25) is 0 Å². The predicted octanol–water partition coefficient (Wildman–Crippen LogP) is 11.0. The molecule has 0 aliphatic rings. The van der Waals surface area contributed by atoms with Gasteiger partial charge >= 0.3 is 0 Å². The largest absolute Gasteiger partial charge is 0.309 e. The van der Waals surface area contributed by atoms with Gasteiger partial charge in [-0.2, -0.15) is 0 Å². The van der Waals surface area contributed by atoms with Crippen LogP contribution in [0.3, 0.4) is 0 Å². The number of aryl methyl sites for hydroxylation is 2. The van der Waals surface area contributed by atoms with E-state index in [0.29, 0.717) is 0 Å². The fourth-order valence-electron chi connectivity index (χ4n) is 7.30. The third-order valence-corrected chi connectivity index (χ3v) is 9.31. The van der Waals surface area contributed by atoms with Crippen LogP contribution in [0.1, 0.15) is 11.1 Å². The molecular weight excluding hydrogens is 546 g/mol. The average Bonchev–Trinajstić information content (AvgIpc) is 3.45. The van der Waals surface area contributed by atoms with Crippen LogP contribution in [0.5, 0.6) is 0 Å². The van der Waals surface area contributed by atoms with Crippen LogP contribution in [-0.4, -0.2) is 14.5 Å². The Hall–Kier alpha value is -5.80. The number of rotatable bonds is 3. The molecule has 0 fully saturated rings. The Kier molecular flexibility index (Phi) is 5.63. The molecule has 0 unspecified atom stereocenters. The Morgan fingerprint density at radius 1 is 0.556 bits per heavy atom. The molecule has 0 aliphatic carbocycles. The van der Waals surface area contributed by atoms with Crippen LogP contribution in [0.15, 0.2) is 140 Å². The monoisotopic (exact) mass is 575 g/mol. The van der Waals surface area contributed by atoms with Gasteiger partial charge in [-0.25, -0.2) is 4.98 Å². The average molecular weight is 576 g/mol. The summed E-state index contributed by atoms with van der Waals surface area (Å²) in [6.07, 6.45) is 1.88. The van der Waals surface area contributed by atoms with E-state index in [1.807, 2.05) is 24.4 Å². The van der Waals surface area contributed by atoms with Crippen LogP contribution < -0.4 is 0 Å². The van der Waals surface area contributed by atoms with E-state index in [4.69, 9.17) is 9.97 Å². The standard InChI is InChI=1S/C42H29N3/c1-26-20-21-28-12-6-7-15-31(28)39(26)40-27(2)42-41(33-17-9-8-16-32(33)40)34-18-10-11-19-38(34)45(42)30-22-23-35-36(24-30)43-25-37(44-35)29-13-4-3-5-14-29/h3-25H,1-2H3. The second-order valence-electron chi connectivity index (χ2n) is 11.9. The topological polar surface area (TPSA) is 30.7 Å². The molecule has 0 amide bonds. The van der Waals surface area contributed by atoms with Crippen molar-refractivity contribution in [1.29, 1.82) is 0 Å². The van der Waals surface area contributed by atoms with Gasteiger partial charge in [0.1, 0.15) is 0 Å². The van der Waals surface area contributed by atoms with E-state index >= 15 is 0 Å². The maximum absolute atomic E-state index is 4.97. The van der Waals surface area contributed by atoms with Crippen molar-refractivity contribution in [3.8, 4) is 28.1 Å². The Morgan fingerprint density at radius 2 is 1.27 bits per heavy atom. The highest BCUT2D eigenvalue weighted by Crippen LogP contribution is 2.46. The van der Waals surface area contributed by atoms with Gasteiger partial charge in [-0.05, 0) is 81.9 Å². The SMILES string of the molecule is Cc1ccc2ccccc2c1-c1c(C)c2c(c3ccccc13)c1ccccc1n2-c1ccc2nc(-c3ccccc3)cnc2c1. The van der Waals surface area contributed by atoms with Crippen LogP contribution in [0.4, 0.5) is 0 Å². The molecule has 0 saturated carbocycles. The van der Waals surface area contributed by atoms with Crippen molar-refractivity contribution in [3.05, 3.63) is 151 Å². The lowest BCUT2D eigenvalue weighted by Crippen LogP contribution is -1.99. The van der Waals surface area contributed by atoms with E-state index in [-0.39, 0.29) is 0 Å². The molecule has 0 atom stereocenters. The summed E-state index contributed by atoms with van der Waals surface area (Å²) in [4.78, 5) is 9.87. The van der Waals surface area contributed by atoms with Gasteiger partial charge in [0.05, 0.1) is 34.0 Å². The zero-order chi connectivity index (χ0) is 30.1. The van der Waals surface area contributed by atoms with Crippen LogP contribution >= 0.6 is 0 Å². The summed E-state index contributed by atoms with van der Waals surface area (Å²) >= 11 is 0. The number of aromatic nitrogens is 3. The van der Waals surface area contributed by atoms with Crippen molar-refractivity contribution in [2.75, 3.05) is 0 Å². The fraction of sp³-hybridized carbons (Fsp3) is 0.0476. The highest BCUT2D eigenvalue weighted by atomic mass is 15.0. The summed E-state index contributed by atoms with van der Waals surface area (Å²) in [5.41, 5.74) is 12.3. The zero-order valence-corrected chi connectivity index (χ0v) is 25.1. The van der Waals surface area contributed by atoms with E-state index < -0.39 is 0 Å². The highest BCUT2D eigenvalue weighted by Gasteiger charge is 2.23. The Bertz CT molecular complexity index is 2610. The van der Waals surface area contributed by atoms with Crippen molar-refractivity contribution in [2.45, 2.75) is 13.8 Å². The molecule has 0 saturated heterocycles. The third kappa shape index (κ3) is 3.84. The smallest absolute Gasteiger partial charge is 0.0908 e. The molecule has 0 radical (unpaired) electrons. The van der Waals surface area contributed by atoms with E-state index in [9.17, 15) is 0 Å². The maximum Gasteiger partial charge on any atom is 0.0908 e. The van der Waals surface area contributed by atoms with Gasteiger partial charge in [-0.1, -0.05) is 109 Å². The molecule has 3 nitrogen and oxygen atoms in total. The van der Waals surface area contributed by atoms with Gasteiger partial charge in [0.2, 0.25) is 0 Å². The molecule has 9 aromatic rings. The molecule has 2 heterocycles. The number of fused-ring (bicyclic) bond motifs is 7. The molecule has 7 aromatic carbocycles. The van der Waals surface area contributed by atoms with Gasteiger partial charge in [0.25, 0.3) is 0 Å². The van der Waals surface area contributed by atoms with Crippen molar-refractivity contribution in [1.82, 2.24) is 14.5 Å². The third-order valence-electron chi connectivity index (χ3n) is 9.31. The van der Waals surface area contributed by atoms with Crippen LogP contribution in [0.25, 0.3) is 82.5 Å². The maximum atomic E-state index is 4.97. The molecule has 3 heteroatoms. The van der Waals surface area contributed by atoms with Gasteiger partial charge in [0.15, 0.2) is 0 Å². The Labute approximate surface area is 261 Å². The van der Waals surface area contributed by atoms with E-state index in [1.165, 1.54) is 65.6 Å². The van der Waals surface area contributed by atoms with Gasteiger partial charge < -0.3 is 4.57 Å². The van der Waals surface area contributed by atoms with Crippen LogP contribution in [-0.2, 0) is 0 Å². The zero-order valence-electron chi connectivity index (χ0n) is 25.1. The summed E-state index contributed by atoms with van der Waals surface area (Å²) in [7, 11) is 0. The van der Waals surface area contributed by atoms with E-state index in [2.05, 4.69) is 134 Å². The molecule has 9 rings (SSSR count). The minimum atomic E-state index is 0.877. The predicted molar refractivity (Wildman–Crippen MR) is 189 cm³/mol. The molecule has 0 spiro atoms. The van der Waals surface area contributed by atoms with Gasteiger partial charge in [-0.3, -0.25) is 4.98 Å². The molecule has 0 aliphatic heterocycles. The second kappa shape index (κ2) is 9.87. The van der Waals surface area contributed by atoms with Gasteiger partial charge in [0, 0.05) is 22.0 Å². The molecule has 0 bridgehead atoms. The summed E-state index contributed by atoms with van der Waals surface area (Å²) in [5, 5.41) is 7.61. The highest BCUT2D eigenvalue weighted by molar-refractivity contribution is 6.26. The van der Waals surface area contributed by atoms with Crippen LogP contribution in [0, 0.1) is 13.8 Å². The lowest BCUT2D eigenvalue weighted by atomic mass is 9.86. The number of nitrogens with zero attached hydrogens (tertiary/aromatic N) is 3. The summed E-state index contributed by atoms with van der Waals surface area (Å²) in [6.45, 7) is 4.54. The van der Waals surface area contributed by atoms with E-state index in [0.717, 1.165) is 28.0 Å². The number of benzene rings is 7. The fourth-order valence-corrected chi connectivity index (χ4v) is 7.30. The van der Waals surface area contributed by atoms with Crippen molar-refractivity contribution in [3.63, 3.8) is 0 Å². The second-order valence-corrected chi connectivity index (χ2v) is 11.9. The number of para-hydroxylation sites is 1. The summed E-state index contributed by atoms with van der Waals surface area (Å²) in [6, 6.07) is 47.7. The van der Waals surface area contributed by atoms with Crippen molar-refractivity contribution < 1.29 is 0 Å².